The number of rotatable bonds is 7. The first-order valence-electron chi connectivity index (χ1n) is 8.98. The highest BCUT2D eigenvalue weighted by atomic mass is 31.2. The van der Waals surface area contributed by atoms with E-state index >= 15 is 0 Å². The number of nitrogens with one attached hydrogen (secondary N) is 1. The second kappa shape index (κ2) is 8.41. The molecule has 0 aromatic heterocycles. The van der Waals surface area contributed by atoms with Gasteiger partial charge in [-0.3, -0.25) is 5.09 Å². The molecule has 5 nitrogen and oxygen atoms in total. The lowest BCUT2D eigenvalue weighted by molar-refractivity contribution is 0.131. The van der Waals surface area contributed by atoms with E-state index in [1.54, 1.807) is 60.7 Å². The minimum Gasteiger partial charge on any atom is -0.488 e. The van der Waals surface area contributed by atoms with E-state index in [1.165, 1.54) is 0 Å². The van der Waals surface area contributed by atoms with Crippen molar-refractivity contribution in [1.29, 1.82) is 0 Å². The maximum atomic E-state index is 13.5. The summed E-state index contributed by atoms with van der Waals surface area (Å²) in [6, 6.07) is 25.0. The van der Waals surface area contributed by atoms with Crippen LogP contribution < -0.4 is 18.9 Å². The van der Waals surface area contributed by atoms with Crippen molar-refractivity contribution >= 4 is 13.4 Å². The third-order valence-corrected chi connectivity index (χ3v) is 4.90. The van der Waals surface area contributed by atoms with Gasteiger partial charge in [0.25, 0.3) is 0 Å². The van der Waals surface area contributed by atoms with Gasteiger partial charge in [0.15, 0.2) is 0 Å². The lowest BCUT2D eigenvalue weighted by Gasteiger charge is -2.23. The van der Waals surface area contributed by atoms with Crippen molar-refractivity contribution in [3.8, 4) is 17.2 Å². The summed E-state index contributed by atoms with van der Waals surface area (Å²) in [4.78, 5) is 0. The van der Waals surface area contributed by atoms with Crippen LogP contribution in [0.25, 0.3) is 0 Å². The molecule has 3 rings (SSSR count). The van der Waals surface area contributed by atoms with Crippen LogP contribution in [-0.4, -0.2) is 5.60 Å². The van der Waals surface area contributed by atoms with Gasteiger partial charge in [-0.05, 0) is 57.2 Å². The smallest absolute Gasteiger partial charge is 0.488 e. The van der Waals surface area contributed by atoms with Gasteiger partial charge in [-0.1, -0.05) is 42.5 Å². The summed E-state index contributed by atoms with van der Waals surface area (Å²) in [5, 5.41) is 2.91. The number of hydrogen-bond acceptors (Lipinski definition) is 4. The van der Waals surface area contributed by atoms with Gasteiger partial charge in [-0.2, -0.15) is 0 Å². The molecule has 0 atom stereocenters. The standard InChI is InChI=1S/C22H24NO4P/c1-22(2,3)25-21-16-10-11-18(17-21)23-28(24,26-19-12-6-4-7-13-19)27-20-14-8-5-9-15-20/h4-17H,1-3H3,(H,23,24). The first-order chi connectivity index (χ1) is 13.3. The van der Waals surface area contributed by atoms with Gasteiger partial charge in [-0.15, -0.1) is 0 Å². The van der Waals surface area contributed by atoms with Crippen molar-refractivity contribution in [3.05, 3.63) is 84.9 Å². The van der Waals surface area contributed by atoms with E-state index in [4.69, 9.17) is 13.8 Å². The Morgan fingerprint density at radius 2 is 1.21 bits per heavy atom. The van der Waals surface area contributed by atoms with Gasteiger partial charge in [0, 0.05) is 11.8 Å². The Labute approximate surface area is 165 Å². The van der Waals surface area contributed by atoms with E-state index in [1.807, 2.05) is 45.0 Å². The molecule has 0 heterocycles. The number of hydrogen-bond donors (Lipinski definition) is 1. The third kappa shape index (κ3) is 6.07. The van der Waals surface area contributed by atoms with Gasteiger partial charge in [-0.25, -0.2) is 4.57 Å². The van der Waals surface area contributed by atoms with Crippen LogP contribution in [0.3, 0.4) is 0 Å². The summed E-state index contributed by atoms with van der Waals surface area (Å²) >= 11 is 0. The van der Waals surface area contributed by atoms with E-state index in [9.17, 15) is 4.57 Å². The van der Waals surface area contributed by atoms with Crippen LogP contribution >= 0.6 is 7.75 Å². The Morgan fingerprint density at radius 3 is 1.71 bits per heavy atom. The largest absolute Gasteiger partial charge is 0.541 e. The van der Waals surface area contributed by atoms with Crippen LogP contribution in [0.2, 0.25) is 0 Å². The van der Waals surface area contributed by atoms with E-state index in [-0.39, 0.29) is 5.60 Å². The molecule has 28 heavy (non-hydrogen) atoms. The lowest BCUT2D eigenvalue weighted by Crippen LogP contribution is -2.22. The molecule has 0 saturated carbocycles. The maximum Gasteiger partial charge on any atom is 0.541 e. The molecular formula is C22H24NO4P. The average Bonchev–Trinajstić information content (AvgIpc) is 2.62. The molecule has 0 spiro atoms. The van der Waals surface area contributed by atoms with E-state index in [0.717, 1.165) is 0 Å². The molecule has 0 aliphatic heterocycles. The topological polar surface area (TPSA) is 56.8 Å². The summed E-state index contributed by atoms with van der Waals surface area (Å²) in [7, 11) is -3.76. The average molecular weight is 397 g/mol. The highest BCUT2D eigenvalue weighted by molar-refractivity contribution is 7.56. The molecule has 0 saturated heterocycles. The fourth-order valence-corrected chi connectivity index (χ4v) is 3.83. The zero-order valence-electron chi connectivity index (χ0n) is 16.2. The second-order valence-corrected chi connectivity index (χ2v) is 8.74. The molecule has 0 bridgehead atoms. The predicted octanol–water partition coefficient (Wildman–Crippen LogP) is 6.54. The van der Waals surface area contributed by atoms with Crippen LogP contribution in [0, 0.1) is 0 Å². The molecule has 0 fully saturated rings. The van der Waals surface area contributed by atoms with Crippen molar-refractivity contribution in [2.45, 2.75) is 26.4 Å². The molecule has 0 aliphatic carbocycles. The molecule has 3 aromatic rings. The maximum absolute atomic E-state index is 13.5. The van der Waals surface area contributed by atoms with Gasteiger partial charge < -0.3 is 13.8 Å². The third-order valence-electron chi connectivity index (χ3n) is 3.46. The molecule has 146 valence electrons. The van der Waals surface area contributed by atoms with Crippen molar-refractivity contribution in [2.24, 2.45) is 0 Å². The summed E-state index contributed by atoms with van der Waals surface area (Å²) in [5.41, 5.74) is 0.223. The van der Waals surface area contributed by atoms with Crippen molar-refractivity contribution in [2.75, 3.05) is 5.09 Å². The molecule has 0 radical (unpaired) electrons. The quantitative estimate of drug-likeness (QED) is 0.459. The Balaban J connectivity index is 1.86. The van der Waals surface area contributed by atoms with Crippen LogP contribution in [0.15, 0.2) is 84.9 Å². The van der Waals surface area contributed by atoms with Crippen LogP contribution in [0.1, 0.15) is 20.8 Å². The summed E-state index contributed by atoms with van der Waals surface area (Å²) in [6.45, 7) is 5.90. The minimum atomic E-state index is -3.76. The molecule has 0 amide bonds. The molecule has 3 aromatic carbocycles. The number of para-hydroxylation sites is 2. The Hall–Kier alpha value is -2.91. The molecular weight excluding hydrogens is 373 g/mol. The number of ether oxygens (including phenoxy) is 1. The van der Waals surface area contributed by atoms with E-state index in [2.05, 4.69) is 5.09 Å². The molecule has 6 heteroatoms. The zero-order valence-corrected chi connectivity index (χ0v) is 17.1. The summed E-state index contributed by atoms with van der Waals surface area (Å²) in [5.74, 6) is 1.54. The first kappa shape index (κ1) is 19.8. The lowest BCUT2D eigenvalue weighted by atomic mass is 10.2. The van der Waals surface area contributed by atoms with Gasteiger partial charge in [0.2, 0.25) is 0 Å². The van der Waals surface area contributed by atoms with Crippen LogP contribution in [0.5, 0.6) is 17.2 Å². The fourth-order valence-electron chi connectivity index (χ4n) is 2.45. The normalized spacial score (nSPS) is 11.5. The molecule has 0 aliphatic rings. The molecule has 0 unspecified atom stereocenters. The zero-order chi connectivity index (χ0) is 20.0. The fraction of sp³-hybridized carbons (Fsp3) is 0.182. The van der Waals surface area contributed by atoms with Crippen LogP contribution in [0.4, 0.5) is 5.69 Å². The van der Waals surface area contributed by atoms with Gasteiger partial charge >= 0.3 is 7.75 Å². The Morgan fingerprint density at radius 1 is 0.714 bits per heavy atom. The summed E-state index contributed by atoms with van der Waals surface area (Å²) in [6.07, 6.45) is 0. The SMILES string of the molecule is CC(C)(C)Oc1cccc(NP(=O)(Oc2ccccc2)Oc2ccccc2)c1. The number of anilines is 1. The highest BCUT2D eigenvalue weighted by Gasteiger charge is 2.29. The summed E-state index contributed by atoms with van der Waals surface area (Å²) < 4.78 is 30.9. The second-order valence-electron chi connectivity index (χ2n) is 7.16. The predicted molar refractivity (Wildman–Crippen MR) is 112 cm³/mol. The van der Waals surface area contributed by atoms with Crippen molar-refractivity contribution in [3.63, 3.8) is 0 Å². The van der Waals surface area contributed by atoms with E-state index in [0.29, 0.717) is 22.9 Å². The van der Waals surface area contributed by atoms with Crippen molar-refractivity contribution in [1.82, 2.24) is 0 Å². The Kier molecular flexibility index (Phi) is 5.96. The van der Waals surface area contributed by atoms with Crippen LogP contribution in [-0.2, 0) is 4.57 Å². The molecule has 1 N–H and O–H groups in total. The first-order valence-corrected chi connectivity index (χ1v) is 10.5. The monoisotopic (exact) mass is 397 g/mol. The number of benzene rings is 3. The highest BCUT2D eigenvalue weighted by Crippen LogP contribution is 2.48. The van der Waals surface area contributed by atoms with Gasteiger partial charge in [0.05, 0.1) is 0 Å². The Bertz CT molecular complexity index is 894. The van der Waals surface area contributed by atoms with E-state index < -0.39 is 7.75 Å². The van der Waals surface area contributed by atoms with Crippen molar-refractivity contribution < 1.29 is 18.3 Å². The minimum absolute atomic E-state index is 0.344. The van der Waals surface area contributed by atoms with Gasteiger partial charge in [0.1, 0.15) is 22.8 Å².